The fourth-order valence-electron chi connectivity index (χ4n) is 3.59. The third kappa shape index (κ3) is 7.25. The van der Waals surface area contributed by atoms with Crippen LogP contribution in [0.3, 0.4) is 0 Å². The number of ether oxygens (including phenoxy) is 2. The third-order valence-corrected chi connectivity index (χ3v) is 5.15. The molecule has 0 aliphatic carbocycles. The maximum Gasteiger partial charge on any atom is 0.310 e. The van der Waals surface area contributed by atoms with Crippen molar-refractivity contribution in [3.8, 4) is 16.9 Å². The standard InChI is InChI=1S/C26H34N4O3/c1-7-14-28-26(29-27-5)30(8-2)18-21-15-19(4)10-12-22(21)23-16-20(11-13-24(23)32-6)17-25(31)33-9-3/h10-13,15-16H,7-9,14,17-18H2,1-4,6H3,(H,28,29). The number of aliphatic imine (C=N–C) groups is 1. The maximum atomic E-state index is 12.0. The number of hydrogen-bond donors (Lipinski definition) is 1. The topological polar surface area (TPSA) is 67.5 Å². The maximum absolute atomic E-state index is 12.0. The highest BCUT2D eigenvalue weighted by atomic mass is 16.5. The van der Waals surface area contributed by atoms with Crippen molar-refractivity contribution in [2.45, 2.75) is 47.1 Å². The first kappa shape index (κ1) is 25.7. The largest absolute Gasteiger partial charge is 0.496 e. The molecule has 0 fully saturated rings. The molecule has 0 saturated heterocycles. The molecule has 0 spiro atoms. The molecule has 0 aromatic heterocycles. The molecule has 0 bridgehead atoms. The van der Waals surface area contributed by atoms with Gasteiger partial charge < -0.3 is 14.4 Å². The number of benzene rings is 2. The first-order valence-electron chi connectivity index (χ1n) is 11.3. The first-order valence-corrected chi connectivity index (χ1v) is 11.3. The molecular weight excluding hydrogens is 416 g/mol. The Bertz CT molecular complexity index is 1010. The predicted molar refractivity (Wildman–Crippen MR) is 132 cm³/mol. The summed E-state index contributed by atoms with van der Waals surface area (Å²) in [6.07, 6.45) is 1.11. The molecule has 0 unspecified atom stereocenters. The number of esters is 1. The van der Waals surface area contributed by atoms with E-state index in [9.17, 15) is 4.79 Å². The summed E-state index contributed by atoms with van der Waals surface area (Å²) in [6, 6.07) is 12.1. The Balaban J connectivity index is 2.51. The van der Waals surface area contributed by atoms with Crippen LogP contribution in [0.1, 0.15) is 43.9 Å². The van der Waals surface area contributed by atoms with Crippen LogP contribution in [0.5, 0.6) is 5.75 Å². The van der Waals surface area contributed by atoms with Crippen LogP contribution in [-0.4, -0.2) is 43.6 Å². The minimum absolute atomic E-state index is 0.204. The number of hydrogen-bond acceptors (Lipinski definition) is 4. The predicted octanol–water partition coefficient (Wildman–Crippen LogP) is 4.79. The quantitative estimate of drug-likeness (QED) is 0.185. The molecule has 2 rings (SSSR count). The van der Waals surface area contributed by atoms with E-state index in [1.165, 1.54) is 0 Å². The number of methoxy groups -OCH3 is 1. The highest BCUT2D eigenvalue weighted by Crippen LogP contribution is 2.34. The number of carbonyl (C=O) groups is 1. The van der Waals surface area contributed by atoms with Crippen molar-refractivity contribution < 1.29 is 14.3 Å². The van der Waals surface area contributed by atoms with Crippen molar-refractivity contribution in [2.75, 3.05) is 26.8 Å². The minimum atomic E-state index is -0.253. The van der Waals surface area contributed by atoms with Gasteiger partial charge in [-0.25, -0.2) is 4.99 Å². The Morgan fingerprint density at radius 1 is 1.15 bits per heavy atom. The lowest BCUT2D eigenvalue weighted by molar-refractivity contribution is -0.142. The van der Waals surface area contributed by atoms with Gasteiger partial charge in [0.15, 0.2) is 0 Å². The zero-order valence-electron chi connectivity index (χ0n) is 20.3. The smallest absolute Gasteiger partial charge is 0.310 e. The van der Waals surface area contributed by atoms with E-state index < -0.39 is 0 Å². The fourth-order valence-corrected chi connectivity index (χ4v) is 3.59. The molecule has 7 heteroatoms. The van der Waals surface area contributed by atoms with E-state index in [0.717, 1.165) is 40.0 Å². The highest BCUT2D eigenvalue weighted by Gasteiger charge is 2.18. The van der Waals surface area contributed by atoms with Crippen LogP contribution in [-0.2, 0) is 22.5 Å². The average Bonchev–Trinajstić information content (AvgIpc) is 2.80. The second kappa shape index (κ2) is 13.1. The first-order chi connectivity index (χ1) is 16.0. The van der Waals surface area contributed by atoms with Gasteiger partial charge in [0, 0.05) is 25.2 Å². The number of rotatable bonds is 10. The van der Waals surface area contributed by atoms with Crippen molar-refractivity contribution in [2.24, 2.45) is 4.99 Å². The molecule has 0 radical (unpaired) electrons. The Labute approximate surface area is 197 Å². The van der Waals surface area contributed by atoms with E-state index >= 15 is 0 Å². The van der Waals surface area contributed by atoms with Gasteiger partial charge in [-0.15, -0.1) is 0 Å². The molecular formula is C26H34N4O3. The number of aryl methyl sites for hydroxylation is 1. The SMILES string of the molecule is [C-]#[N+]NC(=NCCC)N(CC)Cc1cc(C)ccc1-c1cc(CC(=O)OCC)ccc1OC. The van der Waals surface area contributed by atoms with E-state index in [1.54, 1.807) is 14.0 Å². The molecule has 0 amide bonds. The number of nitrogens with one attached hydrogen (secondary N) is 1. The summed E-state index contributed by atoms with van der Waals surface area (Å²) < 4.78 is 10.8. The summed E-state index contributed by atoms with van der Waals surface area (Å²) in [5, 5.41) is 0. The van der Waals surface area contributed by atoms with Gasteiger partial charge in [-0.3, -0.25) is 4.79 Å². The van der Waals surface area contributed by atoms with Crippen LogP contribution in [0.15, 0.2) is 41.4 Å². The summed E-state index contributed by atoms with van der Waals surface area (Å²) in [7, 11) is 1.64. The van der Waals surface area contributed by atoms with Crippen LogP contribution >= 0.6 is 0 Å². The molecule has 33 heavy (non-hydrogen) atoms. The Kier molecular flexibility index (Phi) is 10.2. The van der Waals surface area contributed by atoms with Crippen LogP contribution in [0, 0.1) is 13.5 Å². The molecule has 0 atom stereocenters. The molecule has 0 aliphatic rings. The minimum Gasteiger partial charge on any atom is -0.496 e. The van der Waals surface area contributed by atoms with Gasteiger partial charge in [-0.2, -0.15) is 11.5 Å². The van der Waals surface area contributed by atoms with Crippen molar-refractivity contribution in [1.29, 1.82) is 0 Å². The normalized spacial score (nSPS) is 11.0. The zero-order valence-corrected chi connectivity index (χ0v) is 20.3. The lowest BCUT2D eigenvalue weighted by atomic mass is 9.94. The summed E-state index contributed by atoms with van der Waals surface area (Å²) >= 11 is 0. The van der Waals surface area contributed by atoms with Gasteiger partial charge >= 0.3 is 5.97 Å². The van der Waals surface area contributed by atoms with Crippen LogP contribution in [0.4, 0.5) is 0 Å². The van der Waals surface area contributed by atoms with Crippen molar-refractivity contribution in [3.63, 3.8) is 0 Å². The number of carbonyl (C=O) groups excluding carboxylic acids is 1. The molecule has 176 valence electrons. The molecule has 2 aromatic rings. The number of nitrogens with zero attached hydrogens (tertiary/aromatic N) is 3. The van der Waals surface area contributed by atoms with E-state index in [-0.39, 0.29) is 12.4 Å². The monoisotopic (exact) mass is 450 g/mol. The Hall–Kier alpha value is -3.53. The lowest BCUT2D eigenvalue weighted by Gasteiger charge is -2.24. The van der Waals surface area contributed by atoms with E-state index in [1.807, 2.05) is 25.1 Å². The molecule has 0 saturated carbocycles. The van der Waals surface area contributed by atoms with Gasteiger partial charge in [-0.05, 0) is 56.0 Å². The van der Waals surface area contributed by atoms with Gasteiger partial charge in [0.05, 0.1) is 20.1 Å². The summed E-state index contributed by atoms with van der Waals surface area (Å²) in [5.41, 5.74) is 7.73. The molecule has 7 nitrogen and oxygen atoms in total. The van der Waals surface area contributed by atoms with Gasteiger partial charge in [0.25, 0.3) is 5.96 Å². The van der Waals surface area contributed by atoms with Crippen molar-refractivity contribution in [3.05, 3.63) is 64.6 Å². The highest BCUT2D eigenvalue weighted by molar-refractivity contribution is 5.81. The average molecular weight is 451 g/mol. The summed E-state index contributed by atoms with van der Waals surface area (Å²) in [4.78, 5) is 22.0. The van der Waals surface area contributed by atoms with E-state index in [4.69, 9.17) is 16.0 Å². The van der Waals surface area contributed by atoms with Crippen LogP contribution in [0.2, 0.25) is 0 Å². The third-order valence-electron chi connectivity index (χ3n) is 5.15. The molecule has 0 aliphatic heterocycles. The van der Waals surface area contributed by atoms with Gasteiger partial charge in [0.2, 0.25) is 0 Å². The fraction of sp³-hybridized carbons (Fsp3) is 0.423. The van der Waals surface area contributed by atoms with E-state index in [2.05, 4.69) is 52.3 Å². The van der Waals surface area contributed by atoms with Gasteiger partial charge in [0.1, 0.15) is 5.75 Å². The Morgan fingerprint density at radius 2 is 1.94 bits per heavy atom. The van der Waals surface area contributed by atoms with E-state index in [0.29, 0.717) is 32.2 Å². The van der Waals surface area contributed by atoms with Crippen molar-refractivity contribution >= 4 is 11.9 Å². The summed E-state index contributed by atoms with van der Waals surface area (Å²) in [5.74, 6) is 1.05. The van der Waals surface area contributed by atoms with Crippen LogP contribution < -0.4 is 10.2 Å². The zero-order chi connectivity index (χ0) is 24.2. The second-order valence-corrected chi connectivity index (χ2v) is 7.62. The van der Waals surface area contributed by atoms with Gasteiger partial charge in [-0.1, -0.05) is 42.2 Å². The van der Waals surface area contributed by atoms with Crippen LogP contribution in [0.25, 0.3) is 16.1 Å². The lowest BCUT2D eigenvalue weighted by Crippen LogP contribution is -2.38. The van der Waals surface area contributed by atoms with Crippen molar-refractivity contribution in [1.82, 2.24) is 10.3 Å². The molecule has 1 N–H and O–H groups in total. The molecule has 2 aromatic carbocycles. The Morgan fingerprint density at radius 3 is 2.58 bits per heavy atom. The second-order valence-electron chi connectivity index (χ2n) is 7.62. The summed E-state index contributed by atoms with van der Waals surface area (Å²) in [6.45, 7) is 17.5. The molecule has 0 heterocycles. The number of guanidine groups is 1.